The third kappa shape index (κ3) is 5.84. The molecule has 1 heterocycles. The summed E-state index contributed by atoms with van der Waals surface area (Å²) < 4.78 is 5.76. The SMILES string of the molecule is CCCCCNc1cncc(C(=O)Nc2ccc(Oc3ccccc3)cc2)c1. The Morgan fingerprint density at radius 1 is 0.929 bits per heavy atom. The zero-order valence-electron chi connectivity index (χ0n) is 16.0. The minimum Gasteiger partial charge on any atom is -0.457 e. The quantitative estimate of drug-likeness (QED) is 0.469. The maximum Gasteiger partial charge on any atom is 0.257 e. The molecule has 2 N–H and O–H groups in total. The number of hydrogen-bond donors (Lipinski definition) is 2. The molecule has 0 atom stereocenters. The number of nitrogens with zero attached hydrogens (tertiary/aromatic N) is 1. The van der Waals surface area contributed by atoms with E-state index in [1.54, 1.807) is 12.4 Å². The van der Waals surface area contributed by atoms with E-state index in [0.717, 1.165) is 24.4 Å². The number of hydrogen-bond acceptors (Lipinski definition) is 4. The van der Waals surface area contributed by atoms with Crippen molar-refractivity contribution in [2.75, 3.05) is 17.2 Å². The maximum atomic E-state index is 12.5. The summed E-state index contributed by atoms with van der Waals surface area (Å²) in [6.45, 7) is 3.05. The molecule has 0 bridgehead atoms. The van der Waals surface area contributed by atoms with Gasteiger partial charge in [0.1, 0.15) is 11.5 Å². The summed E-state index contributed by atoms with van der Waals surface area (Å²) in [5.74, 6) is 1.29. The number of ether oxygens (including phenoxy) is 1. The van der Waals surface area contributed by atoms with Crippen LogP contribution in [-0.4, -0.2) is 17.4 Å². The molecule has 0 aliphatic heterocycles. The highest BCUT2D eigenvalue weighted by atomic mass is 16.5. The molecular weight excluding hydrogens is 350 g/mol. The minimum absolute atomic E-state index is 0.193. The number of carbonyl (C=O) groups is 1. The summed E-state index contributed by atoms with van der Waals surface area (Å²) in [5.41, 5.74) is 2.08. The number of carbonyl (C=O) groups excluding carboxylic acids is 1. The Kier molecular flexibility index (Phi) is 7.01. The summed E-state index contributed by atoms with van der Waals surface area (Å²) in [6.07, 6.45) is 6.77. The summed E-state index contributed by atoms with van der Waals surface area (Å²) in [6, 6.07) is 18.7. The van der Waals surface area contributed by atoms with Gasteiger partial charge in [0.2, 0.25) is 0 Å². The number of nitrogens with one attached hydrogen (secondary N) is 2. The Morgan fingerprint density at radius 3 is 2.43 bits per heavy atom. The van der Waals surface area contributed by atoms with Crippen LogP contribution in [-0.2, 0) is 0 Å². The fourth-order valence-electron chi connectivity index (χ4n) is 2.70. The molecular formula is C23H25N3O2. The van der Waals surface area contributed by atoms with Crippen molar-refractivity contribution < 1.29 is 9.53 Å². The Bertz CT molecular complexity index is 880. The molecule has 1 aromatic heterocycles. The molecule has 0 aliphatic carbocycles. The van der Waals surface area contributed by atoms with Crippen LogP contribution in [0.25, 0.3) is 0 Å². The van der Waals surface area contributed by atoms with Crippen LogP contribution in [0.4, 0.5) is 11.4 Å². The molecule has 144 valence electrons. The molecule has 2 aromatic carbocycles. The average molecular weight is 375 g/mol. The van der Waals surface area contributed by atoms with E-state index in [2.05, 4.69) is 22.5 Å². The van der Waals surface area contributed by atoms with Gasteiger partial charge in [-0.2, -0.15) is 0 Å². The molecule has 28 heavy (non-hydrogen) atoms. The molecule has 5 nitrogen and oxygen atoms in total. The molecule has 0 saturated heterocycles. The van der Waals surface area contributed by atoms with Gasteiger partial charge < -0.3 is 15.4 Å². The number of rotatable bonds is 9. The van der Waals surface area contributed by atoms with E-state index < -0.39 is 0 Å². The van der Waals surface area contributed by atoms with Crippen molar-refractivity contribution in [1.82, 2.24) is 4.98 Å². The predicted molar refractivity (Wildman–Crippen MR) is 113 cm³/mol. The van der Waals surface area contributed by atoms with Gasteiger partial charge in [-0.25, -0.2) is 0 Å². The molecule has 0 unspecified atom stereocenters. The first kappa shape index (κ1) is 19.4. The summed E-state index contributed by atoms with van der Waals surface area (Å²) in [4.78, 5) is 16.7. The number of anilines is 2. The van der Waals surface area contributed by atoms with Gasteiger partial charge in [0.05, 0.1) is 11.3 Å². The summed E-state index contributed by atoms with van der Waals surface area (Å²) in [7, 11) is 0. The van der Waals surface area contributed by atoms with Crippen molar-refractivity contribution in [2.45, 2.75) is 26.2 Å². The first-order valence-corrected chi connectivity index (χ1v) is 9.58. The molecule has 0 radical (unpaired) electrons. The number of benzene rings is 2. The van der Waals surface area contributed by atoms with Crippen LogP contribution in [0, 0.1) is 0 Å². The van der Waals surface area contributed by atoms with Gasteiger partial charge >= 0.3 is 0 Å². The van der Waals surface area contributed by atoms with Gasteiger partial charge in [0, 0.05) is 24.6 Å². The number of pyridine rings is 1. The van der Waals surface area contributed by atoms with Crippen LogP contribution in [0.5, 0.6) is 11.5 Å². The normalized spacial score (nSPS) is 10.3. The Labute approximate surface area is 165 Å². The Balaban J connectivity index is 1.57. The summed E-state index contributed by atoms with van der Waals surface area (Å²) >= 11 is 0. The van der Waals surface area contributed by atoms with E-state index in [1.165, 1.54) is 12.8 Å². The smallest absolute Gasteiger partial charge is 0.257 e. The number of amides is 1. The molecule has 0 fully saturated rings. The minimum atomic E-state index is -0.193. The first-order valence-electron chi connectivity index (χ1n) is 9.58. The van der Waals surface area contributed by atoms with E-state index in [-0.39, 0.29) is 5.91 Å². The van der Waals surface area contributed by atoms with Gasteiger partial charge in [0.15, 0.2) is 0 Å². The Hall–Kier alpha value is -3.34. The van der Waals surface area contributed by atoms with E-state index >= 15 is 0 Å². The number of para-hydroxylation sites is 1. The van der Waals surface area contributed by atoms with Gasteiger partial charge in [-0.3, -0.25) is 9.78 Å². The standard InChI is InChI=1S/C23H25N3O2/c1-2-3-7-14-25-20-15-18(16-24-17-20)23(27)26-19-10-12-22(13-11-19)28-21-8-5-4-6-9-21/h4-6,8-13,15-17,25H,2-3,7,14H2,1H3,(H,26,27). The second-order valence-electron chi connectivity index (χ2n) is 6.49. The second-order valence-corrected chi connectivity index (χ2v) is 6.49. The maximum absolute atomic E-state index is 12.5. The monoisotopic (exact) mass is 375 g/mol. The fraction of sp³-hybridized carbons (Fsp3) is 0.217. The van der Waals surface area contributed by atoms with E-state index in [1.807, 2.05) is 60.7 Å². The molecule has 0 saturated carbocycles. The number of unbranched alkanes of at least 4 members (excludes halogenated alkanes) is 2. The molecule has 0 spiro atoms. The predicted octanol–water partition coefficient (Wildman–Crippen LogP) is 5.73. The molecule has 3 aromatic rings. The van der Waals surface area contributed by atoms with Crippen LogP contribution in [0.2, 0.25) is 0 Å². The van der Waals surface area contributed by atoms with E-state index in [4.69, 9.17) is 4.74 Å². The van der Waals surface area contributed by atoms with Gasteiger partial charge in [-0.05, 0) is 48.9 Å². The molecule has 3 rings (SSSR count). The van der Waals surface area contributed by atoms with Crippen LogP contribution in [0.1, 0.15) is 36.5 Å². The zero-order valence-corrected chi connectivity index (χ0v) is 16.0. The zero-order chi connectivity index (χ0) is 19.6. The molecule has 1 amide bonds. The Morgan fingerprint density at radius 2 is 1.68 bits per heavy atom. The summed E-state index contributed by atoms with van der Waals surface area (Å²) in [5, 5.41) is 6.20. The van der Waals surface area contributed by atoms with Crippen LogP contribution >= 0.6 is 0 Å². The highest BCUT2D eigenvalue weighted by Gasteiger charge is 2.08. The lowest BCUT2D eigenvalue weighted by atomic mass is 10.2. The van der Waals surface area contributed by atoms with Crippen molar-refractivity contribution in [3.63, 3.8) is 0 Å². The van der Waals surface area contributed by atoms with Crippen molar-refractivity contribution in [3.8, 4) is 11.5 Å². The second kappa shape index (κ2) is 10.1. The highest BCUT2D eigenvalue weighted by Crippen LogP contribution is 2.23. The van der Waals surface area contributed by atoms with Crippen molar-refractivity contribution >= 4 is 17.3 Å². The third-order valence-corrected chi connectivity index (χ3v) is 4.20. The third-order valence-electron chi connectivity index (χ3n) is 4.20. The first-order chi connectivity index (χ1) is 13.7. The van der Waals surface area contributed by atoms with Crippen molar-refractivity contribution in [1.29, 1.82) is 0 Å². The largest absolute Gasteiger partial charge is 0.457 e. The van der Waals surface area contributed by atoms with Crippen LogP contribution in [0.3, 0.4) is 0 Å². The van der Waals surface area contributed by atoms with Crippen LogP contribution in [0.15, 0.2) is 73.1 Å². The lowest BCUT2D eigenvalue weighted by molar-refractivity contribution is 0.102. The van der Waals surface area contributed by atoms with Crippen molar-refractivity contribution in [2.24, 2.45) is 0 Å². The van der Waals surface area contributed by atoms with Gasteiger partial charge in [-0.15, -0.1) is 0 Å². The number of aromatic nitrogens is 1. The topological polar surface area (TPSA) is 63.2 Å². The molecule has 5 heteroatoms. The lowest BCUT2D eigenvalue weighted by Crippen LogP contribution is -2.13. The van der Waals surface area contributed by atoms with E-state index in [0.29, 0.717) is 17.0 Å². The van der Waals surface area contributed by atoms with Gasteiger partial charge in [-0.1, -0.05) is 38.0 Å². The lowest BCUT2D eigenvalue weighted by Gasteiger charge is -2.09. The van der Waals surface area contributed by atoms with Crippen molar-refractivity contribution in [3.05, 3.63) is 78.6 Å². The molecule has 0 aliphatic rings. The van der Waals surface area contributed by atoms with E-state index in [9.17, 15) is 4.79 Å². The fourth-order valence-corrected chi connectivity index (χ4v) is 2.70. The highest BCUT2D eigenvalue weighted by molar-refractivity contribution is 6.04. The van der Waals surface area contributed by atoms with Gasteiger partial charge in [0.25, 0.3) is 5.91 Å². The average Bonchev–Trinajstić information content (AvgIpc) is 2.74. The van der Waals surface area contributed by atoms with Crippen LogP contribution < -0.4 is 15.4 Å².